The Balaban J connectivity index is 0.00000111. The van der Waals surface area contributed by atoms with Crippen molar-refractivity contribution in [2.45, 2.75) is 46.0 Å². The molecule has 0 aromatic heterocycles. The van der Waals surface area contributed by atoms with Crippen LogP contribution in [0.1, 0.15) is 46.0 Å². The van der Waals surface area contributed by atoms with Gasteiger partial charge in [0.1, 0.15) is 0 Å². The predicted octanol–water partition coefficient (Wildman–Crippen LogP) is -0.707. The first kappa shape index (κ1) is 33.5. The minimum absolute atomic E-state index is 0. The maximum absolute atomic E-state index is 11.7. The Labute approximate surface area is 214 Å². The van der Waals surface area contributed by atoms with Crippen LogP contribution in [0.25, 0.3) is 0 Å². The summed E-state index contributed by atoms with van der Waals surface area (Å²) in [6.45, 7) is 1.48. The minimum atomic E-state index is -0.841. The van der Waals surface area contributed by atoms with Crippen molar-refractivity contribution in [2.75, 3.05) is 39.5 Å². The lowest BCUT2D eigenvalue weighted by Crippen LogP contribution is -2.32. The summed E-state index contributed by atoms with van der Waals surface area (Å²) in [5.41, 5.74) is 5.07. The lowest BCUT2D eigenvalue weighted by Gasteiger charge is -2.12. The van der Waals surface area contributed by atoms with Crippen LogP contribution in [-0.4, -0.2) is 90.9 Å². The molecule has 37 heavy (non-hydrogen) atoms. The molecule has 0 aromatic rings. The van der Waals surface area contributed by atoms with Gasteiger partial charge in [0.25, 0.3) is 11.8 Å². The van der Waals surface area contributed by atoms with E-state index in [1.165, 1.54) is 12.2 Å². The van der Waals surface area contributed by atoms with Crippen LogP contribution < -0.4 is 11.1 Å². The number of nitrogens with zero attached hydrogens (tertiary/aromatic N) is 1. The van der Waals surface area contributed by atoms with E-state index < -0.39 is 29.7 Å². The van der Waals surface area contributed by atoms with Crippen LogP contribution >= 0.6 is 0 Å². The van der Waals surface area contributed by atoms with Crippen molar-refractivity contribution in [3.8, 4) is 0 Å². The lowest BCUT2D eigenvalue weighted by atomic mass is 9.99. The summed E-state index contributed by atoms with van der Waals surface area (Å²) in [4.78, 5) is 83.0. The molecule has 1 heterocycles. The monoisotopic (exact) mass is 529 g/mol. The molecule has 4 N–H and O–H groups in total. The van der Waals surface area contributed by atoms with E-state index in [2.05, 4.69) is 10.2 Å². The number of allylic oxidation sites excluding steroid dienone is 2. The van der Waals surface area contributed by atoms with Crippen molar-refractivity contribution in [3.63, 3.8) is 0 Å². The highest BCUT2D eigenvalue weighted by Gasteiger charge is 2.32. The summed E-state index contributed by atoms with van der Waals surface area (Å²) in [7, 11) is 0. The second-order valence-electron chi connectivity index (χ2n) is 7.53. The molecule has 1 fully saturated rings. The van der Waals surface area contributed by atoms with Gasteiger partial charge in [-0.2, -0.15) is 0 Å². The molecular formula is C23H35N3O11. The molecule has 2 aliphatic rings. The average Bonchev–Trinajstić information content (AvgIpc) is 3.32. The Morgan fingerprint density at radius 2 is 1.49 bits per heavy atom. The van der Waals surface area contributed by atoms with Gasteiger partial charge in [0.2, 0.25) is 5.91 Å². The van der Waals surface area contributed by atoms with E-state index in [1.807, 2.05) is 0 Å². The zero-order chi connectivity index (χ0) is 26.9. The number of ether oxygens (including phenoxy) is 2. The van der Waals surface area contributed by atoms with Crippen LogP contribution in [0.2, 0.25) is 0 Å². The highest BCUT2D eigenvalue weighted by atomic mass is 16.7. The number of ketones is 2. The van der Waals surface area contributed by atoms with Crippen LogP contribution in [0.4, 0.5) is 0 Å². The molecule has 0 unspecified atom stereocenters. The summed E-state index contributed by atoms with van der Waals surface area (Å²) < 4.78 is 9.95. The molecule has 14 nitrogen and oxygen atoms in total. The minimum Gasteiger partial charge on any atom is -0.481 e. The number of rotatable bonds is 15. The third kappa shape index (κ3) is 14.0. The fourth-order valence-corrected chi connectivity index (χ4v) is 2.86. The number of hydrogen-bond donors (Lipinski definition) is 3. The fraction of sp³-hybridized carbons (Fsp3) is 0.609. The van der Waals surface area contributed by atoms with Crippen LogP contribution in [0.5, 0.6) is 0 Å². The number of aliphatic carboxylic acids is 1. The number of hydrogen-bond acceptors (Lipinski definition) is 11. The van der Waals surface area contributed by atoms with Gasteiger partial charge >= 0.3 is 11.9 Å². The van der Waals surface area contributed by atoms with Crippen molar-refractivity contribution < 1.29 is 53.0 Å². The lowest BCUT2D eigenvalue weighted by molar-refractivity contribution is -0.198. The van der Waals surface area contributed by atoms with Gasteiger partial charge in [0.15, 0.2) is 11.6 Å². The number of hydroxylamine groups is 2. The number of carbonyl (C=O) groups excluding carboxylic acids is 6. The molecule has 2 rings (SSSR count). The van der Waals surface area contributed by atoms with Gasteiger partial charge in [-0.15, -0.1) is 5.06 Å². The van der Waals surface area contributed by atoms with Crippen molar-refractivity contribution in [1.82, 2.24) is 10.4 Å². The predicted molar refractivity (Wildman–Crippen MR) is 126 cm³/mol. The summed E-state index contributed by atoms with van der Waals surface area (Å²) in [6, 6.07) is 0. The molecule has 208 valence electrons. The molecule has 0 atom stereocenters. The van der Waals surface area contributed by atoms with Gasteiger partial charge in [0, 0.05) is 32.4 Å². The first-order chi connectivity index (χ1) is 17.1. The van der Waals surface area contributed by atoms with Crippen molar-refractivity contribution >= 4 is 41.2 Å². The van der Waals surface area contributed by atoms with Gasteiger partial charge < -0.3 is 30.5 Å². The van der Waals surface area contributed by atoms with Gasteiger partial charge in [-0.3, -0.25) is 28.8 Å². The van der Waals surface area contributed by atoms with E-state index in [-0.39, 0.29) is 89.8 Å². The molecule has 0 bridgehead atoms. The zero-order valence-corrected chi connectivity index (χ0v) is 19.8. The van der Waals surface area contributed by atoms with E-state index >= 15 is 0 Å². The normalized spacial score (nSPS) is 14.8. The molecule has 0 spiro atoms. The summed E-state index contributed by atoms with van der Waals surface area (Å²) in [5.74, 6) is -4.32. The van der Waals surface area contributed by atoms with E-state index in [0.717, 1.165) is 0 Å². The average molecular weight is 530 g/mol. The quantitative estimate of drug-likeness (QED) is 0.137. The number of carboxylic acid groups (broad SMARTS) is 1. The Morgan fingerprint density at radius 3 is 2.05 bits per heavy atom. The summed E-state index contributed by atoms with van der Waals surface area (Å²) in [5, 5.41) is 11.1. The Kier molecular flexibility index (Phi) is 17.0. The van der Waals surface area contributed by atoms with Crippen LogP contribution in [0.15, 0.2) is 12.2 Å². The van der Waals surface area contributed by atoms with E-state index in [0.29, 0.717) is 18.2 Å². The second-order valence-corrected chi connectivity index (χ2v) is 7.53. The zero-order valence-electron chi connectivity index (χ0n) is 19.8. The van der Waals surface area contributed by atoms with Gasteiger partial charge in [-0.25, -0.2) is 4.79 Å². The first-order valence-electron chi connectivity index (χ1n) is 11.3. The number of carbonyl (C=O) groups is 7. The van der Waals surface area contributed by atoms with Gasteiger partial charge in [-0.1, -0.05) is 7.43 Å². The first-order valence-corrected chi connectivity index (χ1v) is 11.3. The molecule has 3 amide bonds. The smallest absolute Gasteiger partial charge is 0.335 e. The van der Waals surface area contributed by atoms with E-state index in [9.17, 15) is 33.6 Å². The highest BCUT2D eigenvalue weighted by Crippen LogP contribution is 2.16. The number of nitrogens with two attached hydrogens (primary N) is 1. The SMILES string of the molecule is C.NCCOCCC(=O)O.O=C(CCC1C(=O)C=CC1=O)NCCOCCC(=O)ON1C(=O)CCC1=O. The fourth-order valence-electron chi connectivity index (χ4n) is 2.86. The third-order valence-corrected chi connectivity index (χ3v) is 4.70. The number of nitrogens with one attached hydrogen (secondary N) is 1. The molecule has 0 radical (unpaired) electrons. The molecule has 1 aliphatic heterocycles. The maximum atomic E-state index is 11.7. The Hall–Kier alpha value is -3.49. The topological polar surface area (TPSA) is 209 Å². The summed E-state index contributed by atoms with van der Waals surface area (Å²) >= 11 is 0. The molecule has 0 aromatic carbocycles. The number of amides is 3. The highest BCUT2D eigenvalue weighted by molar-refractivity contribution is 6.18. The molecule has 1 saturated heterocycles. The van der Waals surface area contributed by atoms with Crippen molar-refractivity contribution in [2.24, 2.45) is 11.7 Å². The van der Waals surface area contributed by atoms with Crippen molar-refractivity contribution in [1.29, 1.82) is 0 Å². The Bertz CT molecular complexity index is 823. The number of imide groups is 1. The standard InChI is InChI=1S/C17H20N2O8.C5H11NO3.CH4/c20-12-2-3-13(21)11(12)1-4-14(22)18-8-10-26-9-7-17(25)27-19-15(23)5-6-16(19)24;6-2-4-9-3-1-5(7)8;/h2-3,11H,1,4-10H2,(H,18,22);1-4,6H2,(H,7,8);1H4. The molecule has 0 saturated carbocycles. The third-order valence-electron chi connectivity index (χ3n) is 4.70. The van der Waals surface area contributed by atoms with Gasteiger partial charge in [-0.05, 0) is 18.6 Å². The van der Waals surface area contributed by atoms with E-state index in [1.54, 1.807) is 0 Å². The van der Waals surface area contributed by atoms with Crippen LogP contribution in [0, 0.1) is 5.92 Å². The largest absolute Gasteiger partial charge is 0.481 e. The van der Waals surface area contributed by atoms with Crippen molar-refractivity contribution in [3.05, 3.63) is 12.2 Å². The second kappa shape index (κ2) is 18.7. The van der Waals surface area contributed by atoms with Crippen LogP contribution in [0.3, 0.4) is 0 Å². The number of carboxylic acids is 1. The van der Waals surface area contributed by atoms with E-state index in [4.69, 9.17) is 20.3 Å². The Morgan fingerprint density at radius 1 is 0.919 bits per heavy atom. The molecule has 1 aliphatic carbocycles. The summed E-state index contributed by atoms with van der Waals surface area (Å²) in [6.07, 6.45) is 2.62. The maximum Gasteiger partial charge on any atom is 0.335 e. The van der Waals surface area contributed by atoms with Gasteiger partial charge in [0.05, 0.1) is 45.2 Å². The van der Waals surface area contributed by atoms with Crippen LogP contribution in [-0.2, 0) is 47.9 Å². The molecular weight excluding hydrogens is 494 g/mol. The molecule has 14 heteroatoms.